The number of halogens is 1. The molecule has 0 amide bonds. The SMILES string of the molecule is C=C(C(=O)O)C(C)N(C)C.ClCc1ccccc1.N. The molecule has 0 aromatic heterocycles. The minimum atomic E-state index is -0.929. The van der Waals surface area contributed by atoms with Gasteiger partial charge in [0.05, 0.1) is 0 Å². The second kappa shape index (κ2) is 10.6. The number of aliphatic carboxylic acids is 1. The van der Waals surface area contributed by atoms with E-state index in [0.717, 1.165) is 0 Å². The summed E-state index contributed by atoms with van der Waals surface area (Å²) in [5.41, 5.74) is 1.40. The Morgan fingerprint density at radius 1 is 1.37 bits per heavy atom. The predicted octanol–water partition coefficient (Wildman–Crippen LogP) is 3.16. The van der Waals surface area contributed by atoms with Crippen molar-refractivity contribution in [3.8, 4) is 0 Å². The van der Waals surface area contributed by atoms with Gasteiger partial charge in [-0.2, -0.15) is 0 Å². The first-order valence-corrected chi connectivity index (χ1v) is 6.12. The molecule has 0 saturated carbocycles. The molecule has 4 N–H and O–H groups in total. The predicted molar refractivity (Wildman–Crippen MR) is 80.9 cm³/mol. The normalized spacial score (nSPS) is 10.8. The quantitative estimate of drug-likeness (QED) is 0.658. The first-order valence-electron chi connectivity index (χ1n) is 5.58. The van der Waals surface area contributed by atoms with E-state index in [1.807, 2.05) is 44.4 Å². The minimum absolute atomic E-state index is 0. The van der Waals surface area contributed by atoms with Crippen LogP contribution in [0.3, 0.4) is 0 Å². The Hall–Kier alpha value is -1.36. The summed E-state index contributed by atoms with van der Waals surface area (Å²) < 4.78 is 0. The molecule has 1 unspecified atom stereocenters. The fourth-order valence-corrected chi connectivity index (χ4v) is 1.24. The van der Waals surface area contributed by atoms with Gasteiger partial charge in [-0.05, 0) is 26.6 Å². The lowest BCUT2D eigenvalue weighted by molar-refractivity contribution is -0.133. The fraction of sp³-hybridized carbons (Fsp3) is 0.357. The van der Waals surface area contributed by atoms with Crippen LogP contribution in [-0.4, -0.2) is 36.1 Å². The summed E-state index contributed by atoms with van der Waals surface area (Å²) in [6.07, 6.45) is 0. The molecule has 1 aromatic carbocycles. The van der Waals surface area contributed by atoms with Gasteiger partial charge in [-0.15, -0.1) is 11.6 Å². The van der Waals surface area contributed by atoms with Crippen molar-refractivity contribution in [3.05, 3.63) is 48.0 Å². The van der Waals surface area contributed by atoms with E-state index in [1.54, 1.807) is 11.8 Å². The molecule has 108 valence electrons. The second-order valence-electron chi connectivity index (χ2n) is 4.09. The van der Waals surface area contributed by atoms with E-state index in [4.69, 9.17) is 16.7 Å². The average Bonchev–Trinajstić information content (AvgIpc) is 2.38. The third-order valence-corrected chi connectivity index (χ3v) is 2.86. The summed E-state index contributed by atoms with van der Waals surface area (Å²) in [7, 11) is 3.64. The number of benzene rings is 1. The Morgan fingerprint density at radius 3 is 2.05 bits per heavy atom. The highest BCUT2D eigenvalue weighted by atomic mass is 35.5. The zero-order valence-corrected chi connectivity index (χ0v) is 12.5. The van der Waals surface area contributed by atoms with Crippen molar-refractivity contribution in [1.29, 1.82) is 0 Å². The standard InChI is InChI=1S/C7H7Cl.C7H13NO2.H3N/c8-6-7-4-2-1-3-5-7;1-5(7(9)10)6(2)8(3)4;/h1-5H,6H2;6H,1H2,2-4H3,(H,9,10);1H3. The first-order chi connectivity index (χ1) is 8.40. The molecule has 5 heteroatoms. The number of hydrogen-bond donors (Lipinski definition) is 2. The number of likely N-dealkylation sites (N-methyl/N-ethyl adjacent to an activating group) is 1. The molecular weight excluding hydrogens is 264 g/mol. The van der Waals surface area contributed by atoms with E-state index in [-0.39, 0.29) is 17.8 Å². The van der Waals surface area contributed by atoms with Gasteiger partial charge in [0, 0.05) is 17.5 Å². The van der Waals surface area contributed by atoms with Crippen LogP contribution in [0.5, 0.6) is 0 Å². The van der Waals surface area contributed by atoms with Crippen LogP contribution in [0.15, 0.2) is 42.5 Å². The van der Waals surface area contributed by atoms with Crippen LogP contribution in [0.2, 0.25) is 0 Å². The number of rotatable bonds is 4. The van der Waals surface area contributed by atoms with Gasteiger partial charge in [0.1, 0.15) is 0 Å². The van der Waals surface area contributed by atoms with Crippen LogP contribution >= 0.6 is 11.6 Å². The van der Waals surface area contributed by atoms with Gasteiger partial charge in [-0.3, -0.25) is 0 Å². The Bertz CT molecular complexity index is 380. The van der Waals surface area contributed by atoms with E-state index in [1.165, 1.54) is 5.56 Å². The highest BCUT2D eigenvalue weighted by molar-refractivity contribution is 6.17. The van der Waals surface area contributed by atoms with Crippen LogP contribution in [0, 0.1) is 0 Å². The smallest absolute Gasteiger partial charge is 0.332 e. The summed E-state index contributed by atoms with van der Waals surface area (Å²) in [6, 6.07) is 9.86. The summed E-state index contributed by atoms with van der Waals surface area (Å²) >= 11 is 5.53. The Kier molecular flexibility index (Phi) is 11.1. The van der Waals surface area contributed by atoms with E-state index in [0.29, 0.717) is 5.88 Å². The van der Waals surface area contributed by atoms with Gasteiger partial charge in [0.15, 0.2) is 0 Å². The molecule has 0 spiro atoms. The molecule has 0 radical (unpaired) electrons. The van der Waals surface area contributed by atoms with Crippen LogP contribution < -0.4 is 6.15 Å². The fourth-order valence-electron chi connectivity index (χ4n) is 1.06. The number of hydrogen-bond acceptors (Lipinski definition) is 3. The van der Waals surface area contributed by atoms with Crippen molar-refractivity contribution in [3.63, 3.8) is 0 Å². The molecule has 1 rings (SSSR count). The monoisotopic (exact) mass is 286 g/mol. The maximum atomic E-state index is 10.3. The summed E-state index contributed by atoms with van der Waals surface area (Å²) in [4.78, 5) is 12.1. The van der Waals surface area contributed by atoms with Gasteiger partial charge in [-0.1, -0.05) is 36.9 Å². The topological polar surface area (TPSA) is 75.5 Å². The zero-order valence-electron chi connectivity index (χ0n) is 11.8. The summed E-state index contributed by atoms with van der Waals surface area (Å²) in [5.74, 6) is -0.317. The van der Waals surface area contributed by atoms with Crippen molar-refractivity contribution in [2.75, 3.05) is 14.1 Å². The lowest BCUT2D eigenvalue weighted by Crippen LogP contribution is -2.29. The highest BCUT2D eigenvalue weighted by Gasteiger charge is 2.14. The van der Waals surface area contributed by atoms with Gasteiger partial charge in [-0.25, -0.2) is 4.79 Å². The molecule has 4 nitrogen and oxygen atoms in total. The number of carbonyl (C=O) groups is 1. The van der Waals surface area contributed by atoms with E-state index in [9.17, 15) is 4.79 Å². The van der Waals surface area contributed by atoms with E-state index < -0.39 is 5.97 Å². The number of carboxylic acids is 1. The van der Waals surface area contributed by atoms with Gasteiger partial charge in [0.2, 0.25) is 0 Å². The summed E-state index contributed by atoms with van der Waals surface area (Å²) in [6.45, 7) is 5.24. The molecule has 19 heavy (non-hydrogen) atoms. The molecule has 0 saturated heterocycles. The number of alkyl halides is 1. The third kappa shape index (κ3) is 8.37. The molecular formula is C14H23ClN2O2. The van der Waals surface area contributed by atoms with E-state index in [2.05, 4.69) is 6.58 Å². The third-order valence-electron chi connectivity index (χ3n) is 2.55. The van der Waals surface area contributed by atoms with Crippen LogP contribution in [0.4, 0.5) is 0 Å². The van der Waals surface area contributed by atoms with Crippen molar-refractivity contribution in [2.45, 2.75) is 18.8 Å². The highest BCUT2D eigenvalue weighted by Crippen LogP contribution is 2.03. The van der Waals surface area contributed by atoms with Gasteiger partial charge >= 0.3 is 5.97 Å². The molecule has 0 fully saturated rings. The maximum Gasteiger partial charge on any atom is 0.332 e. The molecule has 0 aliphatic rings. The molecule has 0 aliphatic carbocycles. The lowest BCUT2D eigenvalue weighted by Gasteiger charge is -2.18. The van der Waals surface area contributed by atoms with Crippen molar-refractivity contribution in [1.82, 2.24) is 11.1 Å². The molecule has 0 bridgehead atoms. The van der Waals surface area contributed by atoms with Crippen molar-refractivity contribution < 1.29 is 9.90 Å². The molecule has 1 aromatic rings. The van der Waals surface area contributed by atoms with Crippen LogP contribution in [0.1, 0.15) is 12.5 Å². The van der Waals surface area contributed by atoms with Crippen LogP contribution in [-0.2, 0) is 10.7 Å². The van der Waals surface area contributed by atoms with Crippen LogP contribution in [0.25, 0.3) is 0 Å². The largest absolute Gasteiger partial charge is 0.478 e. The number of nitrogens with zero attached hydrogens (tertiary/aromatic N) is 1. The van der Waals surface area contributed by atoms with Gasteiger partial charge < -0.3 is 16.2 Å². The number of carboxylic acid groups (broad SMARTS) is 1. The Labute approximate surface area is 120 Å². The van der Waals surface area contributed by atoms with Crippen molar-refractivity contribution in [2.24, 2.45) is 0 Å². The second-order valence-corrected chi connectivity index (χ2v) is 4.36. The maximum absolute atomic E-state index is 10.3. The molecule has 1 atom stereocenters. The Morgan fingerprint density at radius 2 is 1.84 bits per heavy atom. The molecule has 0 heterocycles. The molecule has 0 aliphatic heterocycles. The first kappa shape index (κ1) is 20.0. The summed E-state index contributed by atoms with van der Waals surface area (Å²) in [5, 5.41) is 8.48. The minimum Gasteiger partial charge on any atom is -0.478 e. The van der Waals surface area contributed by atoms with Gasteiger partial charge in [0.25, 0.3) is 0 Å². The average molecular weight is 287 g/mol. The Balaban J connectivity index is 0. The van der Waals surface area contributed by atoms with Crippen molar-refractivity contribution >= 4 is 17.6 Å². The lowest BCUT2D eigenvalue weighted by atomic mass is 10.1. The van der Waals surface area contributed by atoms with E-state index >= 15 is 0 Å². The zero-order chi connectivity index (χ0) is 14.1.